The number of hydrogen-bond acceptors (Lipinski definition) is 3. The van der Waals surface area contributed by atoms with Crippen LogP contribution >= 0.6 is 0 Å². The van der Waals surface area contributed by atoms with Crippen molar-refractivity contribution in [1.29, 1.82) is 0 Å². The summed E-state index contributed by atoms with van der Waals surface area (Å²) in [5, 5.41) is 10.9. The fraction of sp³-hybridized carbons (Fsp3) is 0.968. The van der Waals surface area contributed by atoms with Crippen LogP contribution in [0.1, 0.15) is 113 Å². The molecule has 0 spiro atoms. The summed E-state index contributed by atoms with van der Waals surface area (Å²) in [4.78, 5) is 13.2. The number of aldehydes is 1. The van der Waals surface area contributed by atoms with Crippen LogP contribution in [-0.4, -0.2) is 30.7 Å². The summed E-state index contributed by atoms with van der Waals surface area (Å²) in [6.45, 7) is 17.2. The maximum absolute atomic E-state index is 13.2. The van der Waals surface area contributed by atoms with Gasteiger partial charge >= 0.3 is 0 Å². The molecule has 3 nitrogen and oxygen atoms in total. The molecule has 5 aliphatic carbocycles. The third-order valence-electron chi connectivity index (χ3n) is 13.7. The van der Waals surface area contributed by atoms with Crippen LogP contribution in [0.5, 0.6) is 0 Å². The maximum atomic E-state index is 13.2. The maximum Gasteiger partial charge on any atom is 0.126 e. The first-order valence-electron chi connectivity index (χ1n) is 14.4. The molecule has 3 heteroatoms. The summed E-state index contributed by atoms with van der Waals surface area (Å²) in [6, 6.07) is 0. The second kappa shape index (κ2) is 7.56. The number of ether oxygens (including phenoxy) is 1. The fourth-order valence-corrected chi connectivity index (χ4v) is 12.2. The fourth-order valence-electron chi connectivity index (χ4n) is 12.2. The molecule has 5 aliphatic rings. The van der Waals surface area contributed by atoms with Crippen molar-refractivity contribution in [3.63, 3.8) is 0 Å². The molecule has 1 N–H and O–H groups in total. The number of hydrogen-bond donors (Lipinski definition) is 1. The first-order chi connectivity index (χ1) is 15.7. The number of aliphatic hydroxyl groups excluding tert-OH is 1. The van der Waals surface area contributed by atoms with Gasteiger partial charge in [0.25, 0.3) is 0 Å². The summed E-state index contributed by atoms with van der Waals surface area (Å²) >= 11 is 0. The van der Waals surface area contributed by atoms with Gasteiger partial charge in [-0.2, -0.15) is 0 Å². The Hall–Kier alpha value is -0.410. The van der Waals surface area contributed by atoms with Gasteiger partial charge in [0, 0.05) is 12.5 Å². The van der Waals surface area contributed by atoms with E-state index >= 15 is 0 Å². The molecular weight excluding hydrogens is 420 g/mol. The van der Waals surface area contributed by atoms with Gasteiger partial charge in [-0.25, -0.2) is 0 Å². The SMILES string of the molecule is CO[C@H]1CC[C@]2(C)[C@@H]3CC[C@H]4[C@](C=O)(C[C@H]5C(C)(C)[C@H](O)CC[C@@]54C)C[C@]3(C)CC[C@H]2C1(C)C. The highest BCUT2D eigenvalue weighted by Gasteiger charge is 2.70. The largest absolute Gasteiger partial charge is 0.393 e. The molecule has 5 fully saturated rings. The van der Waals surface area contributed by atoms with E-state index in [-0.39, 0.29) is 33.2 Å². The lowest BCUT2D eigenvalue weighted by Gasteiger charge is -2.64. The van der Waals surface area contributed by atoms with Crippen LogP contribution in [-0.2, 0) is 9.53 Å². The predicted octanol–water partition coefficient (Wildman–Crippen LogP) is 7.05. The second-order valence-electron chi connectivity index (χ2n) is 15.7. The summed E-state index contributed by atoms with van der Waals surface area (Å²) < 4.78 is 6.01. The van der Waals surface area contributed by atoms with Gasteiger partial charge in [-0.05, 0) is 115 Å². The summed E-state index contributed by atoms with van der Waals surface area (Å²) in [7, 11) is 1.91. The van der Waals surface area contributed by atoms with Crippen LogP contribution in [0.15, 0.2) is 0 Å². The molecule has 0 amide bonds. The number of carbonyl (C=O) groups excluding carboxylic acids is 1. The zero-order valence-electron chi connectivity index (χ0n) is 23.4. The van der Waals surface area contributed by atoms with Crippen LogP contribution in [0.25, 0.3) is 0 Å². The number of fused-ring (bicyclic) bond motifs is 6. The Labute approximate surface area is 209 Å². The van der Waals surface area contributed by atoms with E-state index in [0.717, 1.165) is 32.1 Å². The molecule has 0 bridgehead atoms. The lowest BCUT2D eigenvalue weighted by atomic mass is 9.41. The molecule has 10 atom stereocenters. The van der Waals surface area contributed by atoms with Crippen molar-refractivity contribution in [2.24, 2.45) is 56.2 Å². The van der Waals surface area contributed by atoms with Crippen LogP contribution in [0.3, 0.4) is 0 Å². The molecule has 34 heavy (non-hydrogen) atoms. The Morgan fingerprint density at radius 1 is 0.735 bits per heavy atom. The highest BCUT2D eigenvalue weighted by molar-refractivity contribution is 5.62. The molecule has 0 saturated heterocycles. The van der Waals surface area contributed by atoms with Crippen molar-refractivity contribution >= 4 is 6.29 Å². The minimum absolute atomic E-state index is 0.109. The van der Waals surface area contributed by atoms with Crippen molar-refractivity contribution in [2.45, 2.75) is 125 Å². The van der Waals surface area contributed by atoms with Gasteiger partial charge in [0.05, 0.1) is 12.2 Å². The van der Waals surface area contributed by atoms with Crippen LogP contribution in [0.4, 0.5) is 0 Å². The van der Waals surface area contributed by atoms with E-state index < -0.39 is 0 Å². The van der Waals surface area contributed by atoms with Crippen LogP contribution in [0.2, 0.25) is 0 Å². The minimum atomic E-state index is -0.243. The Balaban J connectivity index is 1.54. The van der Waals surface area contributed by atoms with E-state index in [9.17, 15) is 9.90 Å². The van der Waals surface area contributed by atoms with Crippen molar-refractivity contribution in [3.05, 3.63) is 0 Å². The third-order valence-corrected chi connectivity index (χ3v) is 13.7. The molecule has 0 aromatic heterocycles. The van der Waals surface area contributed by atoms with E-state index in [0.29, 0.717) is 35.2 Å². The normalized spacial score (nSPS) is 55.8. The molecule has 0 unspecified atom stereocenters. The smallest absolute Gasteiger partial charge is 0.126 e. The molecule has 0 aromatic rings. The second-order valence-corrected chi connectivity index (χ2v) is 15.7. The van der Waals surface area contributed by atoms with Crippen molar-refractivity contribution in [2.75, 3.05) is 7.11 Å². The van der Waals surface area contributed by atoms with E-state index in [1.165, 1.54) is 38.4 Å². The predicted molar refractivity (Wildman–Crippen MR) is 137 cm³/mol. The highest BCUT2D eigenvalue weighted by Crippen LogP contribution is 2.75. The van der Waals surface area contributed by atoms with E-state index in [4.69, 9.17) is 4.74 Å². The van der Waals surface area contributed by atoms with E-state index in [2.05, 4.69) is 48.5 Å². The van der Waals surface area contributed by atoms with Gasteiger partial charge in [-0.3, -0.25) is 0 Å². The highest BCUT2D eigenvalue weighted by atomic mass is 16.5. The molecular formula is C31H52O3. The number of aliphatic hydroxyl groups is 1. The monoisotopic (exact) mass is 472 g/mol. The third kappa shape index (κ3) is 3.04. The molecule has 194 valence electrons. The van der Waals surface area contributed by atoms with Crippen LogP contribution < -0.4 is 0 Å². The van der Waals surface area contributed by atoms with Gasteiger partial charge in [-0.15, -0.1) is 0 Å². The van der Waals surface area contributed by atoms with Gasteiger partial charge in [0.1, 0.15) is 6.29 Å². The summed E-state index contributed by atoms with van der Waals surface area (Å²) in [6.07, 6.45) is 12.9. The Kier molecular flexibility index (Phi) is 5.61. The number of carbonyl (C=O) groups is 1. The van der Waals surface area contributed by atoms with E-state index in [1.807, 2.05) is 7.11 Å². The quantitative estimate of drug-likeness (QED) is 0.438. The minimum Gasteiger partial charge on any atom is -0.393 e. The van der Waals surface area contributed by atoms with Gasteiger partial charge in [0.15, 0.2) is 0 Å². The lowest BCUT2D eigenvalue weighted by Crippen LogP contribution is -2.59. The average Bonchev–Trinajstić information content (AvgIpc) is 2.90. The van der Waals surface area contributed by atoms with E-state index in [1.54, 1.807) is 0 Å². The number of rotatable bonds is 2. The first-order valence-corrected chi connectivity index (χ1v) is 14.4. The summed E-state index contributed by atoms with van der Waals surface area (Å²) in [5.41, 5.74) is 0.601. The molecule has 0 radical (unpaired) electrons. The van der Waals surface area contributed by atoms with Crippen LogP contribution in [0, 0.1) is 56.2 Å². The molecule has 0 heterocycles. The Bertz CT molecular complexity index is 833. The first kappa shape index (κ1) is 25.2. The topological polar surface area (TPSA) is 46.5 Å². The molecule has 0 aliphatic heterocycles. The van der Waals surface area contributed by atoms with Gasteiger partial charge < -0.3 is 14.6 Å². The van der Waals surface area contributed by atoms with Gasteiger partial charge in [-0.1, -0.05) is 48.5 Å². The Morgan fingerprint density at radius 2 is 1.35 bits per heavy atom. The zero-order valence-corrected chi connectivity index (χ0v) is 23.4. The lowest BCUT2D eigenvalue weighted by molar-refractivity contribution is -0.182. The molecule has 0 aromatic carbocycles. The summed E-state index contributed by atoms with van der Waals surface area (Å²) in [5.74, 6) is 2.26. The van der Waals surface area contributed by atoms with Crippen molar-refractivity contribution in [3.8, 4) is 0 Å². The van der Waals surface area contributed by atoms with Crippen molar-refractivity contribution < 1.29 is 14.6 Å². The molecule has 5 rings (SSSR count). The standard InChI is InChI=1S/C31H52O3/c1-26(2)23-17-31(19-32)18-28(5)14-11-20-27(3,4)25(34-8)13-16-29(20,6)21(28)9-10-22(31)30(23,7)15-12-24(26)33/h19-25,33H,9-18H2,1-8H3/t20-,21+,22+,23-,24+,25-,28-,29-,30+,31+/m0/s1. The molecule has 5 saturated carbocycles. The van der Waals surface area contributed by atoms with Crippen molar-refractivity contribution in [1.82, 2.24) is 0 Å². The zero-order chi connectivity index (χ0) is 24.9. The average molecular weight is 473 g/mol. The number of methoxy groups -OCH3 is 1. The van der Waals surface area contributed by atoms with Gasteiger partial charge in [0.2, 0.25) is 0 Å². The Morgan fingerprint density at radius 3 is 2.00 bits per heavy atom.